The van der Waals surface area contributed by atoms with E-state index < -0.39 is 0 Å². The van der Waals surface area contributed by atoms with Crippen molar-refractivity contribution in [3.05, 3.63) is 51.6 Å². The Morgan fingerprint density at radius 1 is 1.36 bits per heavy atom. The van der Waals surface area contributed by atoms with E-state index in [4.69, 9.17) is 11.6 Å². The Morgan fingerprint density at radius 2 is 2.23 bits per heavy atom. The van der Waals surface area contributed by atoms with E-state index in [9.17, 15) is 5.26 Å². The van der Waals surface area contributed by atoms with Crippen LogP contribution in [0.25, 0.3) is 10.9 Å². The van der Waals surface area contributed by atoms with E-state index in [0.717, 1.165) is 34.6 Å². The van der Waals surface area contributed by atoms with Crippen molar-refractivity contribution < 1.29 is 0 Å². The summed E-state index contributed by atoms with van der Waals surface area (Å²) in [6.07, 6.45) is 4.26. The molecule has 0 aliphatic carbocycles. The maximum Gasteiger partial charge on any atom is 0.103 e. The number of aromatic nitrogens is 2. The minimum atomic E-state index is 0.552. The predicted molar refractivity (Wildman–Crippen MR) is 90.6 cm³/mol. The summed E-state index contributed by atoms with van der Waals surface area (Å²) in [5.74, 6) is 0. The fourth-order valence-corrected chi connectivity index (χ4v) is 3.18. The SMILES string of the molecule is CN(CCc1nccs1)c1c(C#N)cnc2ccc(Cl)cc12. The van der Waals surface area contributed by atoms with Crippen molar-refractivity contribution in [3.63, 3.8) is 0 Å². The van der Waals surface area contributed by atoms with Crippen LogP contribution < -0.4 is 4.90 Å². The summed E-state index contributed by atoms with van der Waals surface area (Å²) in [5, 5.41) is 14.0. The monoisotopic (exact) mass is 328 g/mol. The van der Waals surface area contributed by atoms with Gasteiger partial charge in [0.15, 0.2) is 0 Å². The Labute approximate surface area is 137 Å². The second-order valence-electron chi connectivity index (χ2n) is 4.89. The molecule has 0 saturated carbocycles. The molecule has 0 bridgehead atoms. The summed E-state index contributed by atoms with van der Waals surface area (Å²) in [7, 11) is 1.98. The Hall–Kier alpha value is -2.16. The Morgan fingerprint density at radius 3 is 2.95 bits per heavy atom. The van der Waals surface area contributed by atoms with Gasteiger partial charge in [-0.05, 0) is 18.2 Å². The molecule has 0 aliphatic rings. The molecule has 1 aromatic carbocycles. The van der Waals surface area contributed by atoms with Crippen LogP contribution in [-0.4, -0.2) is 23.6 Å². The number of hydrogen-bond donors (Lipinski definition) is 0. The first-order valence-electron chi connectivity index (χ1n) is 6.77. The quantitative estimate of drug-likeness (QED) is 0.729. The third-order valence-corrected chi connectivity index (χ3v) is 4.52. The average molecular weight is 329 g/mol. The van der Waals surface area contributed by atoms with Crippen LogP contribution in [0.4, 0.5) is 5.69 Å². The lowest BCUT2D eigenvalue weighted by atomic mass is 10.1. The van der Waals surface area contributed by atoms with Crippen molar-refractivity contribution in [2.75, 3.05) is 18.5 Å². The molecular formula is C16H13ClN4S. The number of rotatable bonds is 4. The number of fused-ring (bicyclic) bond motifs is 1. The van der Waals surface area contributed by atoms with E-state index in [1.807, 2.05) is 36.8 Å². The molecule has 3 aromatic rings. The van der Waals surface area contributed by atoms with E-state index >= 15 is 0 Å². The van der Waals surface area contributed by atoms with Gasteiger partial charge in [-0.25, -0.2) is 4.98 Å². The maximum atomic E-state index is 9.39. The third-order valence-electron chi connectivity index (χ3n) is 3.45. The summed E-state index contributed by atoms with van der Waals surface area (Å²) in [6.45, 7) is 0.772. The second-order valence-corrected chi connectivity index (χ2v) is 6.31. The topological polar surface area (TPSA) is 52.8 Å². The number of nitriles is 1. The van der Waals surface area contributed by atoms with Gasteiger partial charge in [0.05, 0.1) is 21.8 Å². The van der Waals surface area contributed by atoms with Gasteiger partial charge in [-0.3, -0.25) is 4.98 Å². The highest BCUT2D eigenvalue weighted by Crippen LogP contribution is 2.30. The fourth-order valence-electron chi connectivity index (χ4n) is 2.40. The second kappa shape index (κ2) is 6.30. The van der Waals surface area contributed by atoms with Crippen molar-refractivity contribution in [1.29, 1.82) is 5.26 Å². The van der Waals surface area contributed by atoms with Crippen molar-refractivity contribution in [3.8, 4) is 6.07 Å². The predicted octanol–water partition coefficient (Wildman–Crippen LogP) is 3.90. The molecule has 0 fully saturated rings. The van der Waals surface area contributed by atoms with Gasteiger partial charge in [-0.2, -0.15) is 5.26 Å². The number of pyridine rings is 1. The molecule has 0 atom stereocenters. The number of thiazole rings is 1. The minimum absolute atomic E-state index is 0.552. The molecule has 4 nitrogen and oxygen atoms in total. The van der Waals surface area contributed by atoms with Crippen LogP contribution in [0.5, 0.6) is 0 Å². The van der Waals surface area contributed by atoms with Gasteiger partial charge in [-0.15, -0.1) is 11.3 Å². The number of nitrogens with zero attached hydrogens (tertiary/aromatic N) is 4. The molecule has 0 radical (unpaired) electrons. The molecule has 0 N–H and O–H groups in total. The van der Waals surface area contributed by atoms with Gasteiger partial charge in [0, 0.05) is 48.2 Å². The molecule has 2 aromatic heterocycles. The summed E-state index contributed by atoms with van der Waals surface area (Å²) < 4.78 is 0. The van der Waals surface area contributed by atoms with Crippen molar-refractivity contribution in [2.24, 2.45) is 0 Å². The lowest BCUT2D eigenvalue weighted by Crippen LogP contribution is -2.21. The summed E-state index contributed by atoms with van der Waals surface area (Å²) >= 11 is 7.75. The molecule has 0 spiro atoms. The minimum Gasteiger partial charge on any atom is -0.373 e. The van der Waals surface area contributed by atoms with Gasteiger partial charge in [0.25, 0.3) is 0 Å². The molecule has 2 heterocycles. The number of likely N-dealkylation sites (N-methyl/N-ethyl adjacent to an activating group) is 1. The largest absolute Gasteiger partial charge is 0.373 e. The van der Waals surface area contributed by atoms with Crippen molar-refractivity contribution >= 4 is 39.5 Å². The molecule has 0 saturated heterocycles. The first kappa shape index (κ1) is 14.8. The molecule has 110 valence electrons. The van der Waals surface area contributed by atoms with E-state index in [2.05, 4.69) is 20.9 Å². The highest BCUT2D eigenvalue weighted by molar-refractivity contribution is 7.09. The van der Waals surface area contributed by atoms with Gasteiger partial charge < -0.3 is 4.90 Å². The van der Waals surface area contributed by atoms with Crippen LogP contribution >= 0.6 is 22.9 Å². The Balaban J connectivity index is 2.00. The number of hydrogen-bond acceptors (Lipinski definition) is 5. The number of anilines is 1. The van der Waals surface area contributed by atoms with E-state index in [0.29, 0.717) is 10.6 Å². The normalized spacial score (nSPS) is 10.6. The highest BCUT2D eigenvalue weighted by atomic mass is 35.5. The lowest BCUT2D eigenvalue weighted by molar-refractivity contribution is 0.870. The zero-order valence-corrected chi connectivity index (χ0v) is 13.5. The van der Waals surface area contributed by atoms with Gasteiger partial charge in [0.2, 0.25) is 0 Å². The highest BCUT2D eigenvalue weighted by Gasteiger charge is 2.14. The van der Waals surface area contributed by atoms with Crippen LogP contribution in [0.2, 0.25) is 5.02 Å². The van der Waals surface area contributed by atoms with Crippen LogP contribution in [0, 0.1) is 11.3 Å². The summed E-state index contributed by atoms with van der Waals surface area (Å²) in [6, 6.07) is 7.76. The summed E-state index contributed by atoms with van der Waals surface area (Å²) in [4.78, 5) is 10.7. The van der Waals surface area contributed by atoms with Crippen LogP contribution in [0.1, 0.15) is 10.6 Å². The van der Waals surface area contributed by atoms with E-state index in [1.54, 1.807) is 17.5 Å². The van der Waals surface area contributed by atoms with Gasteiger partial charge >= 0.3 is 0 Å². The third kappa shape index (κ3) is 2.89. The lowest BCUT2D eigenvalue weighted by Gasteiger charge is -2.21. The van der Waals surface area contributed by atoms with Crippen LogP contribution in [0.3, 0.4) is 0 Å². The van der Waals surface area contributed by atoms with E-state index in [1.165, 1.54) is 0 Å². The Bertz CT molecular complexity index is 839. The van der Waals surface area contributed by atoms with Gasteiger partial charge in [0.1, 0.15) is 6.07 Å². The number of halogens is 1. The standard InChI is InChI=1S/C16H13ClN4S/c1-21(6-4-15-19-5-7-22-15)16-11(9-18)10-20-14-3-2-12(17)8-13(14)16/h2-3,5,7-8,10H,4,6H2,1H3. The molecule has 22 heavy (non-hydrogen) atoms. The van der Waals surface area contributed by atoms with Crippen molar-refractivity contribution in [1.82, 2.24) is 9.97 Å². The summed E-state index contributed by atoms with van der Waals surface area (Å²) in [5.41, 5.74) is 2.25. The Kier molecular flexibility index (Phi) is 4.23. The molecule has 0 amide bonds. The maximum absolute atomic E-state index is 9.39. The number of benzene rings is 1. The average Bonchev–Trinajstić information content (AvgIpc) is 3.04. The van der Waals surface area contributed by atoms with E-state index in [-0.39, 0.29) is 0 Å². The van der Waals surface area contributed by atoms with Crippen LogP contribution in [0.15, 0.2) is 36.0 Å². The van der Waals surface area contributed by atoms with Crippen molar-refractivity contribution in [2.45, 2.75) is 6.42 Å². The molecular weight excluding hydrogens is 316 g/mol. The zero-order valence-electron chi connectivity index (χ0n) is 12.0. The fraction of sp³-hybridized carbons (Fsp3) is 0.188. The molecule has 6 heteroatoms. The van der Waals surface area contributed by atoms with Crippen LogP contribution in [-0.2, 0) is 6.42 Å². The molecule has 3 rings (SSSR count). The zero-order chi connectivity index (χ0) is 15.5. The molecule has 0 unspecified atom stereocenters. The molecule has 0 aliphatic heterocycles. The first-order chi connectivity index (χ1) is 10.7. The first-order valence-corrected chi connectivity index (χ1v) is 8.02. The van der Waals surface area contributed by atoms with Gasteiger partial charge in [-0.1, -0.05) is 11.6 Å². The smallest absolute Gasteiger partial charge is 0.103 e.